The second-order valence-corrected chi connectivity index (χ2v) is 3.69. The summed E-state index contributed by atoms with van der Waals surface area (Å²) in [5.41, 5.74) is 0. The molecule has 0 saturated carbocycles. The molecule has 0 aliphatic carbocycles. The number of hydrogen-bond donors (Lipinski definition) is 1. The Balaban J connectivity index is 2.11. The standard InChI is InChI=1S/C12H19NO3/c1-3-15-12(14)6-7-13-10(2)9-11-5-4-8-16-11/h4-5,8,10,13H,3,6-7,9H2,1-2H3. The van der Waals surface area contributed by atoms with E-state index in [1.807, 2.05) is 19.1 Å². The topological polar surface area (TPSA) is 51.5 Å². The van der Waals surface area contributed by atoms with Crippen LogP contribution in [0.15, 0.2) is 22.8 Å². The van der Waals surface area contributed by atoms with E-state index in [0.717, 1.165) is 12.2 Å². The fourth-order valence-electron chi connectivity index (χ4n) is 1.46. The first-order valence-electron chi connectivity index (χ1n) is 5.63. The molecule has 4 heteroatoms. The van der Waals surface area contributed by atoms with Gasteiger partial charge in [-0.25, -0.2) is 0 Å². The molecule has 0 radical (unpaired) electrons. The maximum Gasteiger partial charge on any atom is 0.307 e. The zero-order valence-corrected chi connectivity index (χ0v) is 9.86. The van der Waals surface area contributed by atoms with Crippen molar-refractivity contribution in [2.45, 2.75) is 32.7 Å². The molecule has 0 saturated heterocycles. The molecule has 1 atom stereocenters. The molecule has 1 aromatic heterocycles. The van der Waals surface area contributed by atoms with E-state index >= 15 is 0 Å². The summed E-state index contributed by atoms with van der Waals surface area (Å²) in [5, 5.41) is 3.25. The van der Waals surface area contributed by atoms with Crippen LogP contribution in [0, 0.1) is 0 Å². The van der Waals surface area contributed by atoms with Gasteiger partial charge in [-0.15, -0.1) is 0 Å². The van der Waals surface area contributed by atoms with Gasteiger partial charge in [-0.3, -0.25) is 4.79 Å². The van der Waals surface area contributed by atoms with E-state index in [1.165, 1.54) is 0 Å². The molecule has 0 aromatic carbocycles. The lowest BCUT2D eigenvalue weighted by Gasteiger charge is -2.11. The smallest absolute Gasteiger partial charge is 0.307 e. The predicted octanol–water partition coefficient (Wildman–Crippen LogP) is 1.75. The number of carbonyl (C=O) groups excluding carboxylic acids is 1. The predicted molar refractivity (Wildman–Crippen MR) is 61.1 cm³/mol. The van der Waals surface area contributed by atoms with Crippen LogP contribution in [0.25, 0.3) is 0 Å². The number of hydrogen-bond acceptors (Lipinski definition) is 4. The molecule has 90 valence electrons. The average molecular weight is 225 g/mol. The molecule has 0 fully saturated rings. The van der Waals surface area contributed by atoms with E-state index in [4.69, 9.17) is 9.15 Å². The Morgan fingerprint density at radius 3 is 3.06 bits per heavy atom. The third-order valence-corrected chi connectivity index (χ3v) is 2.21. The van der Waals surface area contributed by atoms with Gasteiger partial charge in [0, 0.05) is 19.0 Å². The normalized spacial score (nSPS) is 12.4. The van der Waals surface area contributed by atoms with Crippen LogP contribution in [-0.2, 0) is 16.0 Å². The van der Waals surface area contributed by atoms with Crippen molar-refractivity contribution in [2.24, 2.45) is 0 Å². The van der Waals surface area contributed by atoms with Crippen LogP contribution in [0.5, 0.6) is 0 Å². The summed E-state index contributed by atoms with van der Waals surface area (Å²) < 4.78 is 10.1. The van der Waals surface area contributed by atoms with E-state index in [-0.39, 0.29) is 5.97 Å². The summed E-state index contributed by atoms with van der Waals surface area (Å²) in [6, 6.07) is 4.12. The Hall–Kier alpha value is -1.29. The van der Waals surface area contributed by atoms with Gasteiger partial charge in [0.05, 0.1) is 19.3 Å². The van der Waals surface area contributed by atoms with Gasteiger partial charge in [0.25, 0.3) is 0 Å². The Bertz CT molecular complexity index is 295. The molecule has 1 rings (SSSR count). The number of carbonyl (C=O) groups is 1. The summed E-state index contributed by atoms with van der Waals surface area (Å²) in [6.45, 7) is 4.96. The Kier molecular flexibility index (Phi) is 5.64. The third kappa shape index (κ3) is 4.98. The molecule has 0 spiro atoms. The number of furan rings is 1. The van der Waals surface area contributed by atoms with Crippen LogP contribution in [-0.4, -0.2) is 25.2 Å². The largest absolute Gasteiger partial charge is 0.469 e. The fraction of sp³-hybridized carbons (Fsp3) is 0.583. The van der Waals surface area contributed by atoms with Crippen LogP contribution >= 0.6 is 0 Å². The Morgan fingerprint density at radius 2 is 2.44 bits per heavy atom. The van der Waals surface area contributed by atoms with E-state index in [2.05, 4.69) is 12.2 Å². The van der Waals surface area contributed by atoms with Crippen molar-refractivity contribution in [1.82, 2.24) is 5.32 Å². The van der Waals surface area contributed by atoms with Gasteiger partial charge < -0.3 is 14.5 Å². The number of rotatable bonds is 7. The lowest BCUT2D eigenvalue weighted by atomic mass is 10.2. The highest BCUT2D eigenvalue weighted by Gasteiger charge is 2.06. The van der Waals surface area contributed by atoms with Crippen molar-refractivity contribution >= 4 is 5.97 Å². The number of ether oxygens (including phenoxy) is 1. The van der Waals surface area contributed by atoms with Crippen molar-refractivity contribution in [3.05, 3.63) is 24.2 Å². The highest BCUT2D eigenvalue weighted by molar-refractivity contribution is 5.69. The SMILES string of the molecule is CCOC(=O)CCNC(C)Cc1ccco1. The molecule has 1 N–H and O–H groups in total. The van der Waals surface area contributed by atoms with Crippen LogP contribution in [0.4, 0.5) is 0 Å². The summed E-state index contributed by atoms with van der Waals surface area (Å²) in [7, 11) is 0. The molecule has 1 heterocycles. The molecular formula is C12H19NO3. The lowest BCUT2D eigenvalue weighted by Crippen LogP contribution is -2.30. The molecule has 1 aromatic rings. The van der Waals surface area contributed by atoms with Gasteiger partial charge >= 0.3 is 5.97 Å². The first-order chi connectivity index (χ1) is 7.72. The maximum atomic E-state index is 11.1. The summed E-state index contributed by atoms with van der Waals surface area (Å²) >= 11 is 0. The maximum absolute atomic E-state index is 11.1. The molecule has 0 aliphatic heterocycles. The number of esters is 1. The zero-order valence-electron chi connectivity index (χ0n) is 9.86. The van der Waals surface area contributed by atoms with Crippen LogP contribution in [0.2, 0.25) is 0 Å². The highest BCUT2D eigenvalue weighted by atomic mass is 16.5. The minimum atomic E-state index is -0.153. The molecule has 0 amide bonds. The highest BCUT2D eigenvalue weighted by Crippen LogP contribution is 2.03. The molecule has 4 nitrogen and oxygen atoms in total. The van der Waals surface area contributed by atoms with Crippen molar-refractivity contribution in [3.63, 3.8) is 0 Å². The van der Waals surface area contributed by atoms with Crippen LogP contribution in [0.1, 0.15) is 26.0 Å². The van der Waals surface area contributed by atoms with Crippen molar-refractivity contribution in [3.8, 4) is 0 Å². The second kappa shape index (κ2) is 7.06. The Labute approximate surface area is 96.0 Å². The summed E-state index contributed by atoms with van der Waals surface area (Å²) in [6.07, 6.45) is 2.91. The first kappa shape index (κ1) is 12.8. The lowest BCUT2D eigenvalue weighted by molar-refractivity contribution is -0.142. The minimum Gasteiger partial charge on any atom is -0.469 e. The quantitative estimate of drug-likeness (QED) is 0.718. The van der Waals surface area contributed by atoms with E-state index in [9.17, 15) is 4.79 Å². The van der Waals surface area contributed by atoms with Crippen LogP contribution in [0.3, 0.4) is 0 Å². The summed E-state index contributed by atoms with van der Waals surface area (Å²) in [4.78, 5) is 11.1. The second-order valence-electron chi connectivity index (χ2n) is 3.69. The molecule has 0 aliphatic rings. The number of nitrogens with one attached hydrogen (secondary N) is 1. The van der Waals surface area contributed by atoms with Gasteiger partial charge in [-0.2, -0.15) is 0 Å². The van der Waals surface area contributed by atoms with Gasteiger partial charge in [-0.1, -0.05) is 0 Å². The van der Waals surface area contributed by atoms with Gasteiger partial charge in [0.2, 0.25) is 0 Å². The fourth-order valence-corrected chi connectivity index (χ4v) is 1.46. The zero-order chi connectivity index (χ0) is 11.8. The molecular weight excluding hydrogens is 206 g/mol. The molecule has 16 heavy (non-hydrogen) atoms. The van der Waals surface area contributed by atoms with E-state index in [0.29, 0.717) is 25.6 Å². The van der Waals surface area contributed by atoms with Crippen molar-refractivity contribution in [1.29, 1.82) is 0 Å². The van der Waals surface area contributed by atoms with Crippen molar-refractivity contribution in [2.75, 3.05) is 13.2 Å². The summed E-state index contributed by atoms with van der Waals surface area (Å²) in [5.74, 6) is 0.802. The Morgan fingerprint density at radius 1 is 1.62 bits per heavy atom. The van der Waals surface area contributed by atoms with Gasteiger partial charge in [0.15, 0.2) is 0 Å². The van der Waals surface area contributed by atoms with Crippen LogP contribution < -0.4 is 5.32 Å². The molecule has 1 unspecified atom stereocenters. The monoisotopic (exact) mass is 225 g/mol. The average Bonchev–Trinajstić information content (AvgIpc) is 2.70. The van der Waals surface area contributed by atoms with Gasteiger partial charge in [-0.05, 0) is 26.0 Å². The van der Waals surface area contributed by atoms with E-state index in [1.54, 1.807) is 6.26 Å². The first-order valence-corrected chi connectivity index (χ1v) is 5.63. The minimum absolute atomic E-state index is 0.153. The van der Waals surface area contributed by atoms with Crippen molar-refractivity contribution < 1.29 is 13.9 Å². The molecule has 0 bridgehead atoms. The van der Waals surface area contributed by atoms with E-state index < -0.39 is 0 Å². The van der Waals surface area contributed by atoms with Gasteiger partial charge in [0.1, 0.15) is 5.76 Å². The third-order valence-electron chi connectivity index (χ3n) is 2.21.